The topological polar surface area (TPSA) is 66.3 Å². The van der Waals surface area contributed by atoms with Gasteiger partial charge in [-0.05, 0) is 42.3 Å². The fraction of sp³-hybridized carbons (Fsp3) is 0.381. The average molecular weight is 534 g/mol. The molecule has 6 nitrogen and oxygen atoms in total. The number of aliphatic imine (C=N–C) groups is 1. The molecular weight excluding hydrogens is 505 g/mol. The van der Waals surface area contributed by atoms with Crippen molar-refractivity contribution in [3.63, 3.8) is 0 Å². The van der Waals surface area contributed by atoms with Gasteiger partial charge in [-0.25, -0.2) is 4.99 Å². The van der Waals surface area contributed by atoms with Gasteiger partial charge in [0.1, 0.15) is 6.61 Å². The predicted octanol–water partition coefficient (Wildman–Crippen LogP) is 3.94. The van der Waals surface area contributed by atoms with Gasteiger partial charge in [-0.3, -0.25) is 0 Å². The van der Waals surface area contributed by atoms with Crippen molar-refractivity contribution in [2.24, 2.45) is 4.99 Å². The molecule has 0 spiro atoms. The van der Waals surface area contributed by atoms with Gasteiger partial charge < -0.3 is 24.8 Å². The van der Waals surface area contributed by atoms with Gasteiger partial charge in [0, 0.05) is 25.2 Å². The molecule has 0 atom stereocenters. The molecule has 0 aliphatic rings. The molecule has 2 N–H and O–H groups in total. The Morgan fingerprint density at radius 3 is 2.62 bits per heavy atom. The van der Waals surface area contributed by atoms with E-state index < -0.39 is 0 Å². The number of benzene rings is 2. The van der Waals surface area contributed by atoms with E-state index >= 15 is 0 Å². The van der Waals surface area contributed by atoms with Gasteiger partial charge in [0.2, 0.25) is 0 Å². The first-order valence-corrected chi connectivity index (χ1v) is 9.59. The van der Waals surface area contributed by atoms with E-state index in [9.17, 15) is 0 Å². The summed E-state index contributed by atoms with van der Waals surface area (Å²) in [5.74, 6) is 2.04. The Kier molecular flexibility index (Phi) is 11.8. The highest BCUT2D eigenvalue weighted by molar-refractivity contribution is 14.0. The molecule has 8 heteroatoms. The Bertz CT molecular complexity index is 790. The molecule has 0 aromatic heterocycles. The zero-order valence-electron chi connectivity index (χ0n) is 17.0. The van der Waals surface area contributed by atoms with Crippen molar-refractivity contribution < 1.29 is 14.6 Å². The van der Waals surface area contributed by atoms with Crippen molar-refractivity contribution >= 4 is 41.5 Å². The first kappa shape index (κ1) is 25.3. The maximum atomic E-state index is 8.91. The molecular formula is C21H29ClIN3O3. The fourth-order valence-corrected chi connectivity index (χ4v) is 2.92. The van der Waals surface area contributed by atoms with Crippen LogP contribution in [0.25, 0.3) is 0 Å². The molecule has 0 fully saturated rings. The standard InChI is InChI=1S/C21H28ClN3O3.HI/c1-4-23-21(25(2)15-17-6-5-7-18(22)12-17)24-14-16-8-9-19(28-11-10-26)20(13-16)27-3;/h5-9,12-13,26H,4,10-11,14-15H2,1-3H3,(H,23,24);1H. The number of ether oxygens (including phenoxy) is 2. The lowest BCUT2D eigenvalue weighted by atomic mass is 10.2. The summed E-state index contributed by atoms with van der Waals surface area (Å²) < 4.78 is 10.8. The number of aliphatic hydroxyl groups is 1. The third-order valence-corrected chi connectivity index (χ3v) is 4.23. The quantitative estimate of drug-likeness (QED) is 0.290. The van der Waals surface area contributed by atoms with Crippen LogP contribution in [0.4, 0.5) is 0 Å². The maximum absolute atomic E-state index is 8.91. The molecule has 2 aromatic carbocycles. The minimum Gasteiger partial charge on any atom is -0.493 e. The molecule has 0 unspecified atom stereocenters. The zero-order chi connectivity index (χ0) is 20.4. The second-order valence-electron chi connectivity index (χ2n) is 6.21. The van der Waals surface area contributed by atoms with Crippen LogP contribution >= 0.6 is 35.6 Å². The van der Waals surface area contributed by atoms with Gasteiger partial charge in [-0.2, -0.15) is 0 Å². The predicted molar refractivity (Wildman–Crippen MR) is 129 cm³/mol. The Morgan fingerprint density at radius 2 is 1.97 bits per heavy atom. The van der Waals surface area contributed by atoms with Crippen LogP contribution in [0, 0.1) is 0 Å². The molecule has 0 saturated carbocycles. The normalized spacial score (nSPS) is 10.9. The van der Waals surface area contributed by atoms with Crippen molar-refractivity contribution in [2.45, 2.75) is 20.0 Å². The van der Waals surface area contributed by atoms with Crippen LogP contribution < -0.4 is 14.8 Å². The van der Waals surface area contributed by atoms with Crippen molar-refractivity contribution in [3.8, 4) is 11.5 Å². The van der Waals surface area contributed by atoms with Gasteiger partial charge in [-0.15, -0.1) is 24.0 Å². The third-order valence-electron chi connectivity index (χ3n) is 3.99. The highest BCUT2D eigenvalue weighted by atomic mass is 127. The molecule has 2 aromatic rings. The maximum Gasteiger partial charge on any atom is 0.194 e. The van der Waals surface area contributed by atoms with E-state index in [0.717, 1.165) is 28.7 Å². The molecule has 160 valence electrons. The molecule has 0 amide bonds. The minimum absolute atomic E-state index is 0. The molecule has 2 rings (SSSR count). The van der Waals surface area contributed by atoms with E-state index in [0.29, 0.717) is 24.6 Å². The van der Waals surface area contributed by atoms with E-state index in [1.807, 2.05) is 56.4 Å². The van der Waals surface area contributed by atoms with E-state index in [4.69, 9.17) is 31.2 Å². The molecule has 0 radical (unpaired) electrons. The van der Waals surface area contributed by atoms with Crippen LogP contribution in [-0.2, 0) is 13.1 Å². The Hall–Kier alpha value is -1.71. The summed E-state index contributed by atoms with van der Waals surface area (Å²) in [6.07, 6.45) is 0. The molecule has 0 saturated heterocycles. The number of hydrogen-bond donors (Lipinski definition) is 2. The third kappa shape index (κ3) is 8.28. The van der Waals surface area contributed by atoms with Crippen molar-refractivity contribution in [1.29, 1.82) is 0 Å². The Labute approximate surface area is 194 Å². The molecule has 29 heavy (non-hydrogen) atoms. The number of guanidine groups is 1. The van der Waals surface area contributed by atoms with Crippen LogP contribution in [0.5, 0.6) is 11.5 Å². The summed E-state index contributed by atoms with van der Waals surface area (Å²) in [7, 11) is 3.59. The number of rotatable bonds is 9. The minimum atomic E-state index is -0.0415. The SMILES string of the molecule is CCNC(=NCc1ccc(OCCO)c(OC)c1)N(C)Cc1cccc(Cl)c1.I. The smallest absolute Gasteiger partial charge is 0.194 e. The molecule has 0 bridgehead atoms. The van der Waals surface area contributed by atoms with Gasteiger partial charge in [-0.1, -0.05) is 29.8 Å². The molecule has 0 aliphatic carbocycles. The van der Waals surface area contributed by atoms with E-state index in [1.54, 1.807) is 7.11 Å². The highest BCUT2D eigenvalue weighted by Gasteiger charge is 2.09. The fourth-order valence-electron chi connectivity index (χ4n) is 2.71. The lowest BCUT2D eigenvalue weighted by Gasteiger charge is -2.22. The summed E-state index contributed by atoms with van der Waals surface area (Å²) in [4.78, 5) is 6.79. The summed E-state index contributed by atoms with van der Waals surface area (Å²) >= 11 is 6.08. The van der Waals surface area contributed by atoms with E-state index in [1.165, 1.54) is 0 Å². The van der Waals surface area contributed by atoms with Crippen LogP contribution in [0.3, 0.4) is 0 Å². The number of nitrogens with one attached hydrogen (secondary N) is 1. The van der Waals surface area contributed by atoms with E-state index in [-0.39, 0.29) is 37.2 Å². The van der Waals surface area contributed by atoms with Gasteiger partial charge >= 0.3 is 0 Å². The van der Waals surface area contributed by atoms with Crippen molar-refractivity contribution in [1.82, 2.24) is 10.2 Å². The van der Waals surface area contributed by atoms with Crippen molar-refractivity contribution in [3.05, 3.63) is 58.6 Å². The number of nitrogens with zero attached hydrogens (tertiary/aromatic N) is 2. The number of methoxy groups -OCH3 is 1. The summed E-state index contributed by atoms with van der Waals surface area (Å²) in [5.41, 5.74) is 2.12. The van der Waals surface area contributed by atoms with Crippen molar-refractivity contribution in [2.75, 3.05) is 33.9 Å². The second kappa shape index (κ2) is 13.5. The van der Waals surface area contributed by atoms with Crippen LogP contribution in [0.15, 0.2) is 47.5 Å². The monoisotopic (exact) mass is 533 g/mol. The summed E-state index contributed by atoms with van der Waals surface area (Å²) in [6, 6.07) is 13.5. The summed E-state index contributed by atoms with van der Waals surface area (Å²) in [5, 5.41) is 13.0. The van der Waals surface area contributed by atoms with E-state index in [2.05, 4.69) is 10.2 Å². The Morgan fingerprint density at radius 1 is 1.17 bits per heavy atom. The van der Waals surface area contributed by atoms with Crippen LogP contribution in [0.2, 0.25) is 5.02 Å². The molecule has 0 heterocycles. The average Bonchev–Trinajstić information content (AvgIpc) is 2.69. The van der Waals surface area contributed by atoms with Gasteiger partial charge in [0.05, 0.1) is 20.3 Å². The molecule has 0 aliphatic heterocycles. The first-order chi connectivity index (χ1) is 13.6. The number of aliphatic hydroxyl groups excluding tert-OH is 1. The number of halogens is 2. The zero-order valence-corrected chi connectivity index (χ0v) is 20.1. The highest BCUT2D eigenvalue weighted by Crippen LogP contribution is 2.28. The largest absolute Gasteiger partial charge is 0.493 e. The first-order valence-electron chi connectivity index (χ1n) is 9.21. The van der Waals surface area contributed by atoms with Crippen LogP contribution in [-0.4, -0.2) is 49.9 Å². The lowest BCUT2D eigenvalue weighted by molar-refractivity contribution is 0.196. The van der Waals surface area contributed by atoms with Gasteiger partial charge in [0.15, 0.2) is 17.5 Å². The number of hydrogen-bond acceptors (Lipinski definition) is 4. The Balaban J connectivity index is 0.00000420. The van der Waals surface area contributed by atoms with Crippen LogP contribution in [0.1, 0.15) is 18.1 Å². The second-order valence-corrected chi connectivity index (χ2v) is 6.65. The van der Waals surface area contributed by atoms with Gasteiger partial charge in [0.25, 0.3) is 0 Å². The summed E-state index contributed by atoms with van der Waals surface area (Å²) in [6.45, 7) is 4.20. The lowest BCUT2D eigenvalue weighted by Crippen LogP contribution is -2.38.